The Kier molecular flexibility index (Phi) is 4.20. The van der Waals surface area contributed by atoms with Crippen LogP contribution in [0.3, 0.4) is 0 Å². The molecular formula is C18H20FNO. The van der Waals surface area contributed by atoms with Crippen LogP contribution in [0.2, 0.25) is 0 Å². The molecule has 2 nitrogen and oxygen atoms in total. The SMILES string of the molecule is CCc1ccc(OCC2Cc3cc(F)ccc3CN2)cc1. The van der Waals surface area contributed by atoms with Gasteiger partial charge in [0.1, 0.15) is 18.2 Å². The van der Waals surface area contributed by atoms with Gasteiger partial charge in [0.05, 0.1) is 0 Å². The first-order chi connectivity index (χ1) is 10.2. The summed E-state index contributed by atoms with van der Waals surface area (Å²) in [5.41, 5.74) is 3.58. The van der Waals surface area contributed by atoms with Gasteiger partial charge < -0.3 is 10.1 Å². The minimum Gasteiger partial charge on any atom is -0.492 e. The third kappa shape index (κ3) is 3.42. The number of hydrogen-bond acceptors (Lipinski definition) is 2. The minimum absolute atomic E-state index is 0.162. The molecular weight excluding hydrogens is 265 g/mol. The largest absolute Gasteiger partial charge is 0.492 e. The fourth-order valence-corrected chi connectivity index (χ4v) is 2.68. The van der Waals surface area contributed by atoms with E-state index in [9.17, 15) is 4.39 Å². The maximum atomic E-state index is 13.3. The molecule has 3 rings (SSSR count). The Hall–Kier alpha value is -1.87. The highest BCUT2D eigenvalue weighted by molar-refractivity contribution is 5.31. The van der Waals surface area contributed by atoms with Crippen LogP contribution in [-0.2, 0) is 19.4 Å². The Morgan fingerprint density at radius 1 is 1.14 bits per heavy atom. The van der Waals surface area contributed by atoms with E-state index in [1.807, 2.05) is 18.2 Å². The van der Waals surface area contributed by atoms with E-state index < -0.39 is 0 Å². The standard InChI is InChI=1S/C18H20FNO/c1-2-13-3-7-18(8-4-13)21-12-17-10-15-9-16(19)6-5-14(15)11-20-17/h3-9,17,20H,2,10-12H2,1H3. The van der Waals surface area contributed by atoms with Crippen LogP contribution in [0.5, 0.6) is 5.75 Å². The van der Waals surface area contributed by atoms with Gasteiger partial charge in [0.2, 0.25) is 0 Å². The lowest BCUT2D eigenvalue weighted by Gasteiger charge is -2.26. The van der Waals surface area contributed by atoms with Gasteiger partial charge >= 0.3 is 0 Å². The van der Waals surface area contributed by atoms with E-state index >= 15 is 0 Å². The zero-order valence-corrected chi connectivity index (χ0v) is 12.2. The fourth-order valence-electron chi connectivity index (χ4n) is 2.68. The molecule has 1 aliphatic rings. The first kappa shape index (κ1) is 14.1. The van der Waals surface area contributed by atoms with Crippen LogP contribution in [0.25, 0.3) is 0 Å². The molecule has 0 aromatic heterocycles. The number of benzene rings is 2. The molecule has 3 heteroatoms. The number of halogens is 1. The van der Waals surface area contributed by atoms with Crippen molar-refractivity contribution in [3.8, 4) is 5.75 Å². The summed E-state index contributed by atoms with van der Waals surface area (Å²) < 4.78 is 19.1. The average molecular weight is 285 g/mol. The van der Waals surface area contributed by atoms with E-state index in [-0.39, 0.29) is 11.9 Å². The van der Waals surface area contributed by atoms with E-state index in [4.69, 9.17) is 4.74 Å². The highest BCUT2D eigenvalue weighted by Gasteiger charge is 2.18. The van der Waals surface area contributed by atoms with Crippen LogP contribution < -0.4 is 10.1 Å². The van der Waals surface area contributed by atoms with Gasteiger partial charge in [-0.05, 0) is 53.8 Å². The predicted molar refractivity (Wildman–Crippen MR) is 82.0 cm³/mol. The van der Waals surface area contributed by atoms with Crippen molar-refractivity contribution >= 4 is 0 Å². The number of rotatable bonds is 4. The monoisotopic (exact) mass is 285 g/mol. The van der Waals surface area contributed by atoms with Crippen LogP contribution in [0.15, 0.2) is 42.5 Å². The summed E-state index contributed by atoms with van der Waals surface area (Å²) in [6.45, 7) is 3.51. The summed E-state index contributed by atoms with van der Waals surface area (Å²) in [5, 5.41) is 3.44. The molecule has 21 heavy (non-hydrogen) atoms. The normalized spacial score (nSPS) is 17.3. The van der Waals surface area contributed by atoms with E-state index in [0.717, 1.165) is 30.7 Å². The molecule has 2 aromatic rings. The molecule has 0 saturated heterocycles. The molecule has 2 aromatic carbocycles. The summed E-state index contributed by atoms with van der Waals surface area (Å²) in [5.74, 6) is 0.726. The Labute approximate surface area is 125 Å². The lowest BCUT2D eigenvalue weighted by molar-refractivity contribution is 0.256. The molecule has 1 heterocycles. The second-order valence-corrected chi connectivity index (χ2v) is 5.50. The van der Waals surface area contributed by atoms with Crippen LogP contribution in [0.4, 0.5) is 4.39 Å². The Balaban J connectivity index is 1.59. The van der Waals surface area contributed by atoms with Crippen LogP contribution in [0.1, 0.15) is 23.6 Å². The van der Waals surface area contributed by atoms with E-state index in [2.05, 4.69) is 24.4 Å². The van der Waals surface area contributed by atoms with Gasteiger partial charge in [-0.1, -0.05) is 25.1 Å². The van der Waals surface area contributed by atoms with Gasteiger partial charge in [-0.15, -0.1) is 0 Å². The highest BCUT2D eigenvalue weighted by Crippen LogP contribution is 2.19. The lowest BCUT2D eigenvalue weighted by atomic mass is 9.96. The molecule has 0 amide bonds. The van der Waals surface area contributed by atoms with Crippen molar-refractivity contribution < 1.29 is 9.13 Å². The van der Waals surface area contributed by atoms with Gasteiger partial charge in [0.25, 0.3) is 0 Å². The Bertz CT molecular complexity index is 609. The van der Waals surface area contributed by atoms with Crippen molar-refractivity contribution in [2.75, 3.05) is 6.61 Å². The molecule has 0 bridgehead atoms. The van der Waals surface area contributed by atoms with E-state index in [1.165, 1.54) is 17.2 Å². The third-order valence-electron chi connectivity index (χ3n) is 4.00. The van der Waals surface area contributed by atoms with E-state index in [0.29, 0.717) is 6.61 Å². The molecule has 1 unspecified atom stereocenters. The average Bonchev–Trinajstić information content (AvgIpc) is 2.53. The van der Waals surface area contributed by atoms with Crippen molar-refractivity contribution in [2.45, 2.75) is 32.4 Å². The van der Waals surface area contributed by atoms with Crippen molar-refractivity contribution in [1.29, 1.82) is 0 Å². The van der Waals surface area contributed by atoms with Crippen LogP contribution in [-0.4, -0.2) is 12.6 Å². The summed E-state index contributed by atoms with van der Waals surface area (Å²) in [6.07, 6.45) is 1.84. The number of fused-ring (bicyclic) bond motifs is 1. The highest BCUT2D eigenvalue weighted by atomic mass is 19.1. The van der Waals surface area contributed by atoms with Crippen molar-refractivity contribution in [3.63, 3.8) is 0 Å². The predicted octanol–water partition coefficient (Wildman–Crippen LogP) is 3.48. The summed E-state index contributed by atoms with van der Waals surface area (Å²) in [4.78, 5) is 0. The molecule has 1 atom stereocenters. The molecule has 110 valence electrons. The first-order valence-corrected chi connectivity index (χ1v) is 7.47. The molecule has 0 aliphatic carbocycles. The molecule has 1 N–H and O–H groups in total. The topological polar surface area (TPSA) is 21.3 Å². The maximum absolute atomic E-state index is 13.3. The first-order valence-electron chi connectivity index (χ1n) is 7.47. The van der Waals surface area contributed by atoms with Gasteiger partial charge in [-0.2, -0.15) is 0 Å². The molecule has 0 spiro atoms. The number of hydrogen-bond donors (Lipinski definition) is 1. The van der Waals surface area contributed by atoms with Crippen molar-refractivity contribution in [3.05, 3.63) is 65.0 Å². The van der Waals surface area contributed by atoms with Gasteiger partial charge in [-0.25, -0.2) is 4.39 Å². The van der Waals surface area contributed by atoms with Crippen molar-refractivity contribution in [2.24, 2.45) is 0 Å². The third-order valence-corrected chi connectivity index (χ3v) is 4.00. The van der Waals surface area contributed by atoms with Crippen molar-refractivity contribution in [1.82, 2.24) is 5.32 Å². The van der Waals surface area contributed by atoms with Gasteiger partial charge in [0.15, 0.2) is 0 Å². The van der Waals surface area contributed by atoms with Crippen LogP contribution in [0, 0.1) is 5.82 Å². The molecule has 0 fully saturated rings. The number of ether oxygens (including phenoxy) is 1. The molecule has 1 aliphatic heterocycles. The second-order valence-electron chi connectivity index (χ2n) is 5.50. The lowest BCUT2D eigenvalue weighted by Crippen LogP contribution is -2.40. The van der Waals surface area contributed by atoms with Crippen LogP contribution >= 0.6 is 0 Å². The summed E-state index contributed by atoms with van der Waals surface area (Å²) >= 11 is 0. The number of nitrogens with one attached hydrogen (secondary N) is 1. The Morgan fingerprint density at radius 2 is 1.95 bits per heavy atom. The summed E-state index contributed by atoms with van der Waals surface area (Å²) in [7, 11) is 0. The zero-order chi connectivity index (χ0) is 14.7. The fraction of sp³-hybridized carbons (Fsp3) is 0.333. The van der Waals surface area contributed by atoms with Gasteiger partial charge in [0, 0.05) is 12.6 Å². The zero-order valence-electron chi connectivity index (χ0n) is 12.2. The van der Waals surface area contributed by atoms with E-state index in [1.54, 1.807) is 6.07 Å². The smallest absolute Gasteiger partial charge is 0.123 e. The quantitative estimate of drug-likeness (QED) is 0.928. The minimum atomic E-state index is -0.162. The molecule has 0 radical (unpaired) electrons. The maximum Gasteiger partial charge on any atom is 0.123 e. The summed E-state index contributed by atoms with van der Waals surface area (Å²) in [6, 6.07) is 13.4. The number of aryl methyl sites for hydroxylation is 1. The Morgan fingerprint density at radius 3 is 2.71 bits per heavy atom. The second kappa shape index (κ2) is 6.27. The molecule has 0 saturated carbocycles. The van der Waals surface area contributed by atoms with Gasteiger partial charge in [-0.3, -0.25) is 0 Å².